The van der Waals surface area contributed by atoms with Crippen molar-refractivity contribution in [3.63, 3.8) is 0 Å². The molecule has 1 heterocycles. The molecular weight excluding hydrogens is 971 g/mol. The molecule has 0 unspecified atom stereocenters. The van der Waals surface area contributed by atoms with Gasteiger partial charge in [0.1, 0.15) is 0 Å². The van der Waals surface area contributed by atoms with Crippen molar-refractivity contribution in [3.8, 4) is 66.8 Å². The minimum atomic E-state index is -0.462. The fourth-order valence-electron chi connectivity index (χ4n) is 12.6. The van der Waals surface area contributed by atoms with E-state index in [9.17, 15) is 0 Å². The molecule has 0 saturated heterocycles. The lowest BCUT2D eigenvalue weighted by molar-refractivity contribution is 0.768. The van der Waals surface area contributed by atoms with Crippen molar-refractivity contribution in [2.45, 2.75) is 5.41 Å². The number of hydrogen-bond donors (Lipinski definition) is 0. The molecule has 0 bridgehead atoms. The van der Waals surface area contributed by atoms with Gasteiger partial charge in [-0.1, -0.05) is 249 Å². The van der Waals surface area contributed by atoms with Crippen molar-refractivity contribution < 1.29 is 0 Å². The average Bonchev–Trinajstić information content (AvgIpc) is 3.25. The Morgan fingerprint density at radius 1 is 0.253 bits per heavy atom. The first kappa shape index (κ1) is 46.4. The standard InChI is InChI=1S/C77H51NS/c1-3-19-63(20-4-1)77(64-21-5-2-6-22-64)72-26-11-9-24-71(72)76-68(25-14-27-73(76)77)57-39-46-67(47-40-57)78(66-44-37-56(38-45-66)62-41-48-70-69-23-10-12-28-74(69)79-75(70)51-62)65-42-35-54(36-43-65)53-29-31-55(32-30-53)59-17-13-18-60(49-59)61-34-33-52-15-7-8-16-58(52)50-61/h1-51H. The van der Waals surface area contributed by atoms with E-state index in [0.717, 1.165) is 17.1 Å². The van der Waals surface area contributed by atoms with Crippen LogP contribution in [0.4, 0.5) is 17.1 Å². The molecule has 0 aliphatic heterocycles. The van der Waals surface area contributed by atoms with E-state index in [-0.39, 0.29) is 0 Å². The molecule has 79 heavy (non-hydrogen) atoms. The Labute approximate surface area is 465 Å². The van der Waals surface area contributed by atoms with Gasteiger partial charge < -0.3 is 4.90 Å². The summed E-state index contributed by atoms with van der Waals surface area (Å²) in [5, 5.41) is 5.15. The van der Waals surface area contributed by atoms with Gasteiger partial charge in [-0.3, -0.25) is 0 Å². The summed E-state index contributed by atoms with van der Waals surface area (Å²) in [6.45, 7) is 0. The van der Waals surface area contributed by atoms with Crippen LogP contribution in [0.5, 0.6) is 0 Å². The monoisotopic (exact) mass is 1020 g/mol. The van der Waals surface area contributed by atoms with Crippen LogP contribution in [0, 0.1) is 0 Å². The summed E-state index contributed by atoms with van der Waals surface area (Å²) in [7, 11) is 0. The van der Waals surface area contributed by atoms with Crippen molar-refractivity contribution in [3.05, 3.63) is 332 Å². The fourth-order valence-corrected chi connectivity index (χ4v) is 13.7. The number of anilines is 3. The second-order valence-electron chi connectivity index (χ2n) is 20.8. The molecule has 1 aliphatic rings. The molecule has 15 rings (SSSR count). The lowest BCUT2D eigenvalue weighted by Gasteiger charge is -2.34. The van der Waals surface area contributed by atoms with Crippen LogP contribution in [-0.2, 0) is 5.41 Å². The van der Waals surface area contributed by atoms with Crippen LogP contribution in [0.3, 0.4) is 0 Å². The van der Waals surface area contributed by atoms with E-state index < -0.39 is 5.41 Å². The fraction of sp³-hybridized carbons (Fsp3) is 0.0130. The first-order valence-corrected chi connectivity index (χ1v) is 28.0. The molecule has 14 aromatic rings. The molecule has 1 aromatic heterocycles. The van der Waals surface area contributed by atoms with Gasteiger partial charge >= 0.3 is 0 Å². The van der Waals surface area contributed by atoms with Gasteiger partial charge in [-0.05, 0) is 160 Å². The molecule has 0 amide bonds. The number of fused-ring (bicyclic) bond motifs is 7. The minimum absolute atomic E-state index is 0.462. The van der Waals surface area contributed by atoms with Crippen LogP contribution in [0.1, 0.15) is 22.3 Å². The predicted molar refractivity (Wildman–Crippen MR) is 336 cm³/mol. The highest BCUT2D eigenvalue weighted by Gasteiger charge is 2.46. The summed E-state index contributed by atoms with van der Waals surface area (Å²) < 4.78 is 2.63. The summed E-state index contributed by atoms with van der Waals surface area (Å²) in [4.78, 5) is 2.39. The van der Waals surface area contributed by atoms with E-state index in [1.807, 2.05) is 11.3 Å². The van der Waals surface area contributed by atoms with Gasteiger partial charge in [-0.2, -0.15) is 0 Å². The van der Waals surface area contributed by atoms with Gasteiger partial charge in [0.05, 0.1) is 5.41 Å². The molecule has 0 atom stereocenters. The van der Waals surface area contributed by atoms with Crippen LogP contribution < -0.4 is 4.90 Å². The van der Waals surface area contributed by atoms with Crippen LogP contribution in [0.15, 0.2) is 309 Å². The van der Waals surface area contributed by atoms with Gasteiger partial charge in [-0.15, -0.1) is 11.3 Å². The highest BCUT2D eigenvalue weighted by Crippen LogP contribution is 2.58. The Kier molecular flexibility index (Phi) is 11.3. The summed E-state index contributed by atoms with van der Waals surface area (Å²) in [6, 6.07) is 114. The van der Waals surface area contributed by atoms with Crippen LogP contribution in [-0.4, -0.2) is 0 Å². The summed E-state index contributed by atoms with van der Waals surface area (Å²) in [5.41, 5.74) is 22.5. The van der Waals surface area contributed by atoms with E-state index in [4.69, 9.17) is 0 Å². The zero-order valence-corrected chi connectivity index (χ0v) is 44.1. The SMILES string of the molecule is c1ccc(C2(c3ccccc3)c3ccccc3-c3c(-c4ccc(N(c5ccc(-c6ccc(-c7cccc(-c8ccc9ccccc9c8)c7)cc6)cc5)c5ccc(-c6ccc7c(c6)sc6ccccc67)cc5)cc4)cccc32)cc1. The number of nitrogens with zero attached hydrogens (tertiary/aromatic N) is 1. The molecular formula is C77H51NS. The topological polar surface area (TPSA) is 3.24 Å². The summed E-state index contributed by atoms with van der Waals surface area (Å²) in [5.74, 6) is 0. The highest BCUT2D eigenvalue weighted by atomic mass is 32.1. The predicted octanol–water partition coefficient (Wildman–Crippen LogP) is 21.4. The average molecular weight is 1020 g/mol. The lowest BCUT2D eigenvalue weighted by atomic mass is 9.67. The third kappa shape index (κ3) is 7.99. The van der Waals surface area contributed by atoms with E-state index in [1.54, 1.807) is 0 Å². The van der Waals surface area contributed by atoms with Crippen molar-refractivity contribution >= 4 is 59.3 Å². The summed E-state index contributed by atoms with van der Waals surface area (Å²) in [6.07, 6.45) is 0. The molecule has 2 heteroatoms. The van der Waals surface area contributed by atoms with E-state index in [1.165, 1.54) is 120 Å². The van der Waals surface area contributed by atoms with Gasteiger partial charge in [0.15, 0.2) is 0 Å². The highest BCUT2D eigenvalue weighted by molar-refractivity contribution is 7.25. The number of rotatable bonds is 10. The molecule has 370 valence electrons. The van der Waals surface area contributed by atoms with Gasteiger partial charge in [0.25, 0.3) is 0 Å². The molecule has 0 fully saturated rings. The van der Waals surface area contributed by atoms with E-state index in [2.05, 4.69) is 314 Å². The quantitative estimate of drug-likeness (QED) is 0.132. The normalized spacial score (nSPS) is 12.4. The van der Waals surface area contributed by atoms with Crippen LogP contribution in [0.2, 0.25) is 0 Å². The van der Waals surface area contributed by atoms with E-state index in [0.29, 0.717) is 0 Å². The van der Waals surface area contributed by atoms with Gasteiger partial charge in [0, 0.05) is 37.2 Å². The second kappa shape index (κ2) is 19.3. The number of thiophene rings is 1. The van der Waals surface area contributed by atoms with Crippen molar-refractivity contribution in [2.24, 2.45) is 0 Å². The van der Waals surface area contributed by atoms with Crippen LogP contribution in [0.25, 0.3) is 97.7 Å². The van der Waals surface area contributed by atoms with Crippen LogP contribution >= 0.6 is 11.3 Å². The Hall–Kier alpha value is -9.86. The van der Waals surface area contributed by atoms with Crippen molar-refractivity contribution in [2.75, 3.05) is 4.90 Å². The number of hydrogen-bond acceptors (Lipinski definition) is 2. The van der Waals surface area contributed by atoms with E-state index >= 15 is 0 Å². The van der Waals surface area contributed by atoms with Gasteiger partial charge in [-0.25, -0.2) is 0 Å². The Morgan fingerprint density at radius 2 is 0.696 bits per heavy atom. The molecule has 0 radical (unpaired) electrons. The third-order valence-corrected chi connectivity index (χ3v) is 17.5. The maximum Gasteiger partial charge on any atom is 0.0713 e. The molecule has 0 N–H and O–H groups in total. The zero-order valence-electron chi connectivity index (χ0n) is 43.3. The molecule has 0 spiro atoms. The molecule has 0 saturated carbocycles. The molecule has 1 aliphatic carbocycles. The summed E-state index contributed by atoms with van der Waals surface area (Å²) >= 11 is 1.86. The smallest absolute Gasteiger partial charge is 0.0713 e. The number of benzene rings is 13. The minimum Gasteiger partial charge on any atom is -0.311 e. The molecule has 13 aromatic carbocycles. The Balaban J connectivity index is 0.784. The van der Waals surface area contributed by atoms with Crippen molar-refractivity contribution in [1.82, 2.24) is 0 Å². The Bertz CT molecular complexity index is 4520. The molecule has 1 nitrogen and oxygen atoms in total. The Morgan fingerprint density at radius 3 is 1.37 bits per heavy atom. The first-order valence-electron chi connectivity index (χ1n) is 27.2. The zero-order chi connectivity index (χ0) is 52.3. The lowest BCUT2D eigenvalue weighted by Crippen LogP contribution is -2.28. The largest absolute Gasteiger partial charge is 0.311 e. The van der Waals surface area contributed by atoms with Crippen molar-refractivity contribution in [1.29, 1.82) is 0 Å². The van der Waals surface area contributed by atoms with Gasteiger partial charge in [0.2, 0.25) is 0 Å². The third-order valence-electron chi connectivity index (χ3n) is 16.4. The first-order chi connectivity index (χ1) is 39.1. The maximum atomic E-state index is 2.39. The second-order valence-corrected chi connectivity index (χ2v) is 21.8. The maximum absolute atomic E-state index is 2.39.